The van der Waals surface area contributed by atoms with Gasteiger partial charge in [0, 0.05) is 6.42 Å². The first kappa shape index (κ1) is 30.2. The quantitative estimate of drug-likeness (QED) is 0.0438. The molecule has 0 aromatic heterocycles. The predicted octanol–water partition coefficient (Wildman–Crippen LogP) is 9.94. The lowest BCUT2D eigenvalue weighted by atomic mass is 10.0. The molecule has 0 aliphatic carbocycles. The van der Waals surface area contributed by atoms with E-state index < -0.39 is 0 Å². The van der Waals surface area contributed by atoms with Crippen LogP contribution in [0.5, 0.6) is 0 Å². The lowest BCUT2D eigenvalue weighted by Gasteiger charge is -2.05. The second-order valence-electron chi connectivity index (χ2n) is 9.18. The zero-order valence-corrected chi connectivity index (χ0v) is 22.3. The summed E-state index contributed by atoms with van der Waals surface area (Å²) in [4.78, 5) is 11.2. The summed E-state index contributed by atoms with van der Waals surface area (Å²) in [5, 5.41) is 8.97. The topological polar surface area (TPSA) is 40.5 Å². The van der Waals surface area contributed by atoms with Gasteiger partial charge < -0.3 is 0 Å². The standard InChI is InChI=1S/C26H52INO2/c1-2-3-4-5-6-7-8-9-10-11-12-13-14-15-16-17-18-19-20-21-22-23-24-25-26(29)28(27)30/h30H,2-25H2,1H3. The van der Waals surface area contributed by atoms with E-state index in [1.807, 2.05) is 0 Å². The lowest BCUT2D eigenvalue weighted by Crippen LogP contribution is -2.15. The van der Waals surface area contributed by atoms with Crippen LogP contribution in [-0.4, -0.2) is 14.4 Å². The molecule has 1 N–H and O–H groups in total. The number of amides is 1. The molecular formula is C26H52INO2. The summed E-state index contributed by atoms with van der Waals surface area (Å²) in [7, 11) is 0. The molecule has 0 heterocycles. The molecular weight excluding hydrogens is 485 g/mol. The van der Waals surface area contributed by atoms with E-state index in [-0.39, 0.29) is 5.91 Å². The number of carbonyl (C=O) groups excluding carboxylic acids is 1. The van der Waals surface area contributed by atoms with Crippen molar-refractivity contribution >= 4 is 28.8 Å². The average Bonchev–Trinajstić information content (AvgIpc) is 2.74. The van der Waals surface area contributed by atoms with Crippen molar-refractivity contribution in [2.45, 2.75) is 161 Å². The first-order valence-electron chi connectivity index (χ1n) is 13.4. The molecule has 0 rings (SSSR count). The number of rotatable bonds is 24. The summed E-state index contributed by atoms with van der Waals surface area (Å²) in [6.45, 7) is 2.29. The van der Waals surface area contributed by atoms with Gasteiger partial charge in [0.15, 0.2) is 0 Å². The van der Waals surface area contributed by atoms with Gasteiger partial charge in [-0.25, -0.2) is 0 Å². The van der Waals surface area contributed by atoms with Crippen molar-refractivity contribution in [3.63, 3.8) is 0 Å². The number of carbonyl (C=O) groups is 1. The molecule has 0 bridgehead atoms. The van der Waals surface area contributed by atoms with Crippen molar-refractivity contribution in [2.24, 2.45) is 0 Å². The first-order valence-corrected chi connectivity index (χ1v) is 14.3. The smallest absolute Gasteiger partial charge is 0.255 e. The van der Waals surface area contributed by atoms with Gasteiger partial charge in [0.05, 0.1) is 22.9 Å². The fourth-order valence-corrected chi connectivity index (χ4v) is 4.40. The number of hydrogen-bond acceptors (Lipinski definition) is 2. The van der Waals surface area contributed by atoms with Crippen LogP contribution in [0.4, 0.5) is 0 Å². The van der Waals surface area contributed by atoms with Gasteiger partial charge in [0.1, 0.15) is 0 Å². The number of hydrogen-bond donors (Lipinski definition) is 1. The molecule has 3 nitrogen and oxygen atoms in total. The summed E-state index contributed by atoms with van der Waals surface area (Å²) in [6.07, 6.45) is 32.2. The molecule has 0 aromatic carbocycles. The molecule has 0 aliphatic rings. The van der Waals surface area contributed by atoms with E-state index in [4.69, 9.17) is 5.21 Å². The van der Waals surface area contributed by atoms with Gasteiger partial charge in [0.25, 0.3) is 5.91 Å². The summed E-state index contributed by atoms with van der Waals surface area (Å²) in [5.74, 6) is -0.181. The Hall–Kier alpha value is 0.160. The molecule has 4 heteroatoms. The zero-order valence-electron chi connectivity index (χ0n) is 20.2. The summed E-state index contributed by atoms with van der Waals surface area (Å²) in [6, 6.07) is 0. The molecule has 0 aliphatic heterocycles. The summed E-state index contributed by atoms with van der Waals surface area (Å²) >= 11 is 1.62. The van der Waals surface area contributed by atoms with Gasteiger partial charge in [-0.15, -0.1) is 0 Å². The van der Waals surface area contributed by atoms with Gasteiger partial charge in [0.2, 0.25) is 0 Å². The Morgan fingerprint density at radius 2 is 0.767 bits per heavy atom. The molecule has 0 fully saturated rings. The van der Waals surface area contributed by atoms with Crippen molar-refractivity contribution in [3.05, 3.63) is 0 Å². The van der Waals surface area contributed by atoms with E-state index in [1.165, 1.54) is 135 Å². The maximum atomic E-state index is 11.2. The van der Waals surface area contributed by atoms with Crippen molar-refractivity contribution < 1.29 is 10.0 Å². The van der Waals surface area contributed by atoms with Crippen molar-refractivity contribution in [1.29, 1.82) is 0 Å². The molecule has 0 spiro atoms. The molecule has 30 heavy (non-hydrogen) atoms. The Labute approximate surface area is 202 Å². The Bertz CT molecular complexity index is 350. The summed E-state index contributed by atoms with van der Waals surface area (Å²) < 4.78 is 0.676. The predicted molar refractivity (Wildman–Crippen MR) is 139 cm³/mol. The summed E-state index contributed by atoms with van der Waals surface area (Å²) in [5.41, 5.74) is 0. The third kappa shape index (κ3) is 24.4. The van der Waals surface area contributed by atoms with Crippen LogP contribution in [0.1, 0.15) is 161 Å². The largest absolute Gasteiger partial charge is 0.276 e. The van der Waals surface area contributed by atoms with Crippen LogP contribution in [-0.2, 0) is 4.79 Å². The Kier molecular flexibility index (Phi) is 25.6. The highest BCUT2D eigenvalue weighted by Gasteiger charge is 2.05. The first-order chi connectivity index (χ1) is 14.7. The monoisotopic (exact) mass is 537 g/mol. The van der Waals surface area contributed by atoms with Crippen LogP contribution in [0.2, 0.25) is 0 Å². The fraction of sp³-hybridized carbons (Fsp3) is 0.962. The average molecular weight is 538 g/mol. The van der Waals surface area contributed by atoms with Crippen LogP contribution < -0.4 is 0 Å². The van der Waals surface area contributed by atoms with E-state index in [9.17, 15) is 4.79 Å². The zero-order chi connectivity index (χ0) is 22.1. The number of unbranched alkanes of at least 4 members (excludes halogenated alkanes) is 22. The van der Waals surface area contributed by atoms with Crippen LogP contribution in [0.3, 0.4) is 0 Å². The third-order valence-electron chi connectivity index (χ3n) is 6.20. The van der Waals surface area contributed by atoms with Gasteiger partial charge in [-0.3, -0.25) is 10.0 Å². The van der Waals surface area contributed by atoms with Crippen LogP contribution in [0.25, 0.3) is 0 Å². The molecule has 1 amide bonds. The van der Waals surface area contributed by atoms with Crippen LogP contribution in [0.15, 0.2) is 0 Å². The van der Waals surface area contributed by atoms with Gasteiger partial charge in [-0.05, 0) is 6.42 Å². The normalized spacial score (nSPS) is 11.2. The van der Waals surface area contributed by atoms with E-state index in [2.05, 4.69) is 6.92 Å². The minimum atomic E-state index is -0.181. The van der Waals surface area contributed by atoms with Crippen molar-refractivity contribution in [3.8, 4) is 0 Å². The second kappa shape index (κ2) is 25.4. The second-order valence-corrected chi connectivity index (χ2v) is 10.1. The molecule has 180 valence electrons. The minimum Gasteiger partial charge on any atom is -0.276 e. The van der Waals surface area contributed by atoms with E-state index in [0.717, 1.165) is 12.8 Å². The van der Waals surface area contributed by atoms with E-state index in [0.29, 0.717) is 9.70 Å². The van der Waals surface area contributed by atoms with E-state index >= 15 is 0 Å². The SMILES string of the molecule is CCCCCCCCCCCCCCCCCCCCCCCCCC(=O)N(O)I. The number of nitrogens with zero attached hydrogens (tertiary/aromatic N) is 1. The third-order valence-corrected chi connectivity index (χ3v) is 6.74. The molecule has 0 unspecified atom stereocenters. The van der Waals surface area contributed by atoms with E-state index in [1.54, 1.807) is 22.9 Å². The molecule has 0 saturated carbocycles. The molecule has 0 saturated heterocycles. The van der Waals surface area contributed by atoms with Crippen molar-refractivity contribution in [2.75, 3.05) is 0 Å². The Morgan fingerprint density at radius 1 is 0.533 bits per heavy atom. The number of halogens is 1. The van der Waals surface area contributed by atoms with Crippen molar-refractivity contribution in [1.82, 2.24) is 3.28 Å². The molecule has 0 radical (unpaired) electrons. The highest BCUT2D eigenvalue weighted by molar-refractivity contribution is 14.1. The maximum absolute atomic E-state index is 11.2. The van der Waals surface area contributed by atoms with Crippen LogP contribution >= 0.6 is 22.9 Å². The number of hydroxylamine groups is 1. The lowest BCUT2D eigenvalue weighted by molar-refractivity contribution is -0.141. The highest BCUT2D eigenvalue weighted by Crippen LogP contribution is 2.15. The Morgan fingerprint density at radius 3 is 1.00 bits per heavy atom. The Balaban J connectivity index is 3.04. The fourth-order valence-electron chi connectivity index (χ4n) is 4.15. The van der Waals surface area contributed by atoms with Crippen LogP contribution in [0, 0.1) is 0 Å². The van der Waals surface area contributed by atoms with Gasteiger partial charge in [-0.1, -0.05) is 148 Å². The maximum Gasteiger partial charge on any atom is 0.255 e. The molecule has 0 aromatic rings. The highest BCUT2D eigenvalue weighted by atomic mass is 127. The minimum absolute atomic E-state index is 0.181. The van der Waals surface area contributed by atoms with Gasteiger partial charge >= 0.3 is 0 Å². The molecule has 0 atom stereocenters. The van der Waals surface area contributed by atoms with Gasteiger partial charge in [-0.2, -0.15) is 3.28 Å².